The average molecular weight is 296 g/mol. The van der Waals surface area contributed by atoms with E-state index in [-0.39, 0.29) is 18.2 Å². The summed E-state index contributed by atoms with van der Waals surface area (Å²) in [5.41, 5.74) is 0.404. The van der Waals surface area contributed by atoms with Crippen molar-refractivity contribution in [3.63, 3.8) is 0 Å². The van der Waals surface area contributed by atoms with E-state index >= 15 is 0 Å². The lowest BCUT2D eigenvalue weighted by Crippen LogP contribution is -2.23. The van der Waals surface area contributed by atoms with Crippen LogP contribution in [-0.4, -0.2) is 28.6 Å². The summed E-state index contributed by atoms with van der Waals surface area (Å²) in [4.78, 5) is 21.3. The highest BCUT2D eigenvalue weighted by atomic mass is 16.6. The molecule has 0 aliphatic rings. The molecular formula is C14H20N2O5. The van der Waals surface area contributed by atoms with Crippen molar-refractivity contribution in [1.29, 1.82) is 0 Å². The molecule has 0 radical (unpaired) electrons. The maximum absolute atomic E-state index is 10.9. The van der Waals surface area contributed by atoms with Crippen LogP contribution in [0.5, 0.6) is 5.75 Å². The van der Waals surface area contributed by atoms with Crippen LogP contribution >= 0.6 is 0 Å². The number of carboxylic acid groups (broad SMARTS) is 1. The van der Waals surface area contributed by atoms with Gasteiger partial charge in [0, 0.05) is 23.9 Å². The van der Waals surface area contributed by atoms with Gasteiger partial charge in [0.1, 0.15) is 5.75 Å². The number of nitrogens with zero attached hydrogens (tertiary/aromatic N) is 1. The second-order valence-electron chi connectivity index (χ2n) is 4.63. The molecule has 0 aromatic heterocycles. The number of ether oxygens (including phenoxy) is 1. The SMILES string of the molecule is CCCC(CC(=O)O)Nc1cc(OCC)cc([N+](=O)[O-])c1. The minimum atomic E-state index is -0.906. The number of anilines is 1. The van der Waals surface area contributed by atoms with Crippen molar-refractivity contribution in [3.8, 4) is 5.75 Å². The Morgan fingerprint density at radius 1 is 1.43 bits per heavy atom. The standard InChI is InChI=1S/C14H20N2O5/c1-3-5-10(8-14(17)18)15-11-6-12(16(19)20)9-13(7-11)21-4-2/h6-7,9-10,15H,3-5,8H2,1-2H3,(H,17,18). The molecule has 1 unspecified atom stereocenters. The highest BCUT2D eigenvalue weighted by Crippen LogP contribution is 2.27. The average Bonchev–Trinajstić information content (AvgIpc) is 2.38. The Hall–Kier alpha value is -2.31. The fourth-order valence-electron chi connectivity index (χ4n) is 2.04. The molecule has 2 N–H and O–H groups in total. The molecule has 0 aliphatic carbocycles. The van der Waals surface area contributed by atoms with Crippen molar-refractivity contribution in [1.82, 2.24) is 0 Å². The summed E-state index contributed by atoms with van der Waals surface area (Å²) in [5, 5.41) is 22.9. The van der Waals surface area contributed by atoms with Crippen molar-refractivity contribution in [2.45, 2.75) is 39.2 Å². The van der Waals surface area contributed by atoms with Gasteiger partial charge in [-0.1, -0.05) is 13.3 Å². The lowest BCUT2D eigenvalue weighted by molar-refractivity contribution is -0.384. The van der Waals surface area contributed by atoms with Gasteiger partial charge in [0.2, 0.25) is 0 Å². The highest BCUT2D eigenvalue weighted by molar-refractivity contribution is 5.68. The molecule has 1 rings (SSSR count). The number of nitrogens with one attached hydrogen (secondary N) is 1. The first kappa shape index (κ1) is 16.7. The van der Waals surface area contributed by atoms with Crippen molar-refractivity contribution >= 4 is 17.3 Å². The second-order valence-corrected chi connectivity index (χ2v) is 4.63. The number of aliphatic carboxylic acids is 1. The second kappa shape index (κ2) is 8.08. The first-order valence-electron chi connectivity index (χ1n) is 6.86. The molecule has 0 bridgehead atoms. The van der Waals surface area contributed by atoms with E-state index in [0.717, 1.165) is 6.42 Å². The molecule has 0 saturated heterocycles. The molecule has 1 atom stereocenters. The molecule has 116 valence electrons. The minimum Gasteiger partial charge on any atom is -0.494 e. The number of carboxylic acids is 1. The van der Waals surface area contributed by atoms with Crippen LogP contribution in [0.25, 0.3) is 0 Å². The van der Waals surface area contributed by atoms with Gasteiger partial charge in [-0.3, -0.25) is 14.9 Å². The van der Waals surface area contributed by atoms with E-state index in [9.17, 15) is 14.9 Å². The first-order valence-corrected chi connectivity index (χ1v) is 6.86. The Morgan fingerprint density at radius 2 is 2.14 bits per heavy atom. The van der Waals surface area contributed by atoms with Gasteiger partial charge in [0.15, 0.2) is 0 Å². The zero-order valence-corrected chi connectivity index (χ0v) is 12.2. The monoisotopic (exact) mass is 296 g/mol. The van der Waals surface area contributed by atoms with Gasteiger partial charge in [-0.25, -0.2) is 0 Å². The van der Waals surface area contributed by atoms with Gasteiger partial charge in [0.05, 0.1) is 24.0 Å². The quantitative estimate of drug-likeness (QED) is 0.536. The van der Waals surface area contributed by atoms with Crippen molar-refractivity contribution in [2.24, 2.45) is 0 Å². The molecule has 0 fully saturated rings. The Bertz CT molecular complexity index is 504. The van der Waals surface area contributed by atoms with Gasteiger partial charge < -0.3 is 15.2 Å². The number of nitro benzene ring substituents is 1. The van der Waals surface area contributed by atoms with Crippen molar-refractivity contribution in [3.05, 3.63) is 28.3 Å². The summed E-state index contributed by atoms with van der Waals surface area (Å²) >= 11 is 0. The number of benzene rings is 1. The van der Waals surface area contributed by atoms with Crippen molar-refractivity contribution < 1.29 is 19.6 Å². The number of non-ortho nitro benzene ring substituents is 1. The summed E-state index contributed by atoms with van der Waals surface area (Å²) in [7, 11) is 0. The predicted octanol–water partition coefficient (Wildman–Crippen LogP) is 3.05. The maximum atomic E-state index is 10.9. The lowest BCUT2D eigenvalue weighted by Gasteiger charge is -2.18. The molecule has 0 amide bonds. The van der Waals surface area contributed by atoms with E-state index in [1.807, 2.05) is 6.92 Å². The summed E-state index contributed by atoms with van der Waals surface area (Å²) in [6.45, 7) is 4.14. The molecule has 1 aromatic rings. The maximum Gasteiger partial charge on any atom is 0.305 e. The van der Waals surface area contributed by atoms with E-state index < -0.39 is 10.9 Å². The highest BCUT2D eigenvalue weighted by Gasteiger charge is 2.15. The van der Waals surface area contributed by atoms with Crippen molar-refractivity contribution in [2.75, 3.05) is 11.9 Å². The first-order chi connectivity index (χ1) is 9.96. The molecule has 0 saturated carbocycles. The fraction of sp³-hybridized carbons (Fsp3) is 0.500. The van der Waals surface area contributed by atoms with Crippen LogP contribution in [0.1, 0.15) is 33.1 Å². The fourth-order valence-corrected chi connectivity index (χ4v) is 2.04. The number of hydrogen-bond acceptors (Lipinski definition) is 5. The number of carbonyl (C=O) groups is 1. The Kier molecular flexibility index (Phi) is 6.45. The topological polar surface area (TPSA) is 102 Å². The van der Waals surface area contributed by atoms with Gasteiger partial charge in [-0.05, 0) is 13.3 Å². The molecular weight excluding hydrogens is 276 g/mol. The molecule has 7 heteroatoms. The van der Waals surface area contributed by atoms with Crippen LogP contribution in [0.3, 0.4) is 0 Å². The van der Waals surface area contributed by atoms with Crippen LogP contribution in [0.4, 0.5) is 11.4 Å². The van der Waals surface area contributed by atoms with E-state index in [1.165, 1.54) is 12.1 Å². The zero-order valence-electron chi connectivity index (χ0n) is 12.2. The Morgan fingerprint density at radius 3 is 2.67 bits per heavy atom. The Labute approximate surface area is 123 Å². The molecule has 7 nitrogen and oxygen atoms in total. The third kappa shape index (κ3) is 5.68. The van der Waals surface area contributed by atoms with Crippen LogP contribution in [-0.2, 0) is 4.79 Å². The minimum absolute atomic E-state index is 0.0412. The van der Waals surface area contributed by atoms with E-state index in [4.69, 9.17) is 9.84 Å². The van der Waals surface area contributed by atoms with Gasteiger partial charge >= 0.3 is 5.97 Å². The lowest BCUT2D eigenvalue weighted by atomic mass is 10.1. The van der Waals surface area contributed by atoms with E-state index in [0.29, 0.717) is 24.5 Å². The summed E-state index contributed by atoms with van der Waals surface area (Å²) in [6.07, 6.45) is 1.44. The smallest absolute Gasteiger partial charge is 0.305 e. The molecule has 21 heavy (non-hydrogen) atoms. The van der Waals surface area contributed by atoms with E-state index in [2.05, 4.69) is 5.32 Å². The van der Waals surface area contributed by atoms with Crippen LogP contribution in [0.15, 0.2) is 18.2 Å². The predicted molar refractivity (Wildman–Crippen MR) is 78.8 cm³/mol. The van der Waals surface area contributed by atoms with Gasteiger partial charge in [0.25, 0.3) is 5.69 Å². The molecule has 1 aromatic carbocycles. The Balaban J connectivity index is 2.97. The van der Waals surface area contributed by atoms with Gasteiger partial charge in [-0.2, -0.15) is 0 Å². The van der Waals surface area contributed by atoms with Crippen LogP contribution < -0.4 is 10.1 Å². The van der Waals surface area contributed by atoms with Gasteiger partial charge in [-0.15, -0.1) is 0 Å². The third-order valence-corrected chi connectivity index (χ3v) is 2.84. The number of nitro groups is 1. The number of rotatable bonds is 9. The summed E-state index contributed by atoms with van der Waals surface area (Å²) in [6, 6.07) is 4.10. The third-order valence-electron chi connectivity index (χ3n) is 2.84. The van der Waals surface area contributed by atoms with Crippen LogP contribution in [0, 0.1) is 10.1 Å². The normalized spacial score (nSPS) is 11.7. The van der Waals surface area contributed by atoms with E-state index in [1.54, 1.807) is 13.0 Å². The largest absolute Gasteiger partial charge is 0.494 e. The molecule has 0 aliphatic heterocycles. The summed E-state index contributed by atoms with van der Waals surface area (Å²) < 4.78 is 5.30. The molecule has 0 spiro atoms. The molecule has 0 heterocycles. The summed E-state index contributed by atoms with van der Waals surface area (Å²) in [5.74, 6) is -0.517. The zero-order chi connectivity index (χ0) is 15.8. The number of hydrogen-bond donors (Lipinski definition) is 2. The van der Waals surface area contributed by atoms with Crippen LogP contribution in [0.2, 0.25) is 0 Å².